The zero-order valence-electron chi connectivity index (χ0n) is 11.5. The van der Waals surface area contributed by atoms with E-state index in [1.54, 1.807) is 7.11 Å². The van der Waals surface area contributed by atoms with Gasteiger partial charge < -0.3 is 19.9 Å². The first kappa shape index (κ1) is 16.3. The highest BCUT2D eigenvalue weighted by Gasteiger charge is 2.08. The van der Waals surface area contributed by atoms with Gasteiger partial charge in [-0.05, 0) is 53.0 Å². The quantitative estimate of drug-likeness (QED) is 0.683. The largest absolute Gasteiger partial charge is 0.503 e. The van der Waals surface area contributed by atoms with Gasteiger partial charge >= 0.3 is 0 Å². The van der Waals surface area contributed by atoms with E-state index >= 15 is 0 Å². The second-order valence-corrected chi connectivity index (χ2v) is 5.13. The van der Waals surface area contributed by atoms with Gasteiger partial charge in [0.1, 0.15) is 0 Å². The third kappa shape index (κ3) is 5.80. The van der Waals surface area contributed by atoms with Gasteiger partial charge in [0.05, 0.1) is 11.6 Å². The van der Waals surface area contributed by atoms with E-state index in [4.69, 9.17) is 9.47 Å². The van der Waals surface area contributed by atoms with Crippen LogP contribution in [-0.2, 0) is 11.3 Å². The van der Waals surface area contributed by atoms with E-state index in [-0.39, 0.29) is 5.75 Å². The first-order valence-corrected chi connectivity index (χ1v) is 7.32. The Morgan fingerprint density at radius 1 is 1.32 bits per heavy atom. The van der Waals surface area contributed by atoms with Gasteiger partial charge in [-0.2, -0.15) is 0 Å². The molecule has 0 fully saturated rings. The van der Waals surface area contributed by atoms with Crippen molar-refractivity contribution in [2.24, 2.45) is 0 Å². The molecule has 0 saturated heterocycles. The Kier molecular flexibility index (Phi) is 7.86. The molecule has 0 bridgehead atoms. The number of phenols is 1. The fraction of sp³-hybridized carbons (Fsp3) is 0.571. The van der Waals surface area contributed by atoms with Crippen LogP contribution in [0.3, 0.4) is 0 Å². The van der Waals surface area contributed by atoms with Gasteiger partial charge in [0.25, 0.3) is 0 Å². The minimum absolute atomic E-state index is 0.138. The lowest BCUT2D eigenvalue weighted by atomic mass is 10.2. The number of halogens is 1. The van der Waals surface area contributed by atoms with Crippen LogP contribution in [0.5, 0.6) is 11.5 Å². The van der Waals surface area contributed by atoms with Crippen LogP contribution in [-0.4, -0.2) is 32.0 Å². The summed E-state index contributed by atoms with van der Waals surface area (Å²) in [5.41, 5.74) is 1.07. The zero-order chi connectivity index (χ0) is 14.1. The lowest BCUT2D eigenvalue weighted by Crippen LogP contribution is -2.16. The fourth-order valence-corrected chi connectivity index (χ4v) is 2.15. The molecule has 0 heterocycles. The summed E-state index contributed by atoms with van der Waals surface area (Å²) >= 11 is 3.31. The molecular formula is C14H22BrNO3. The van der Waals surface area contributed by atoms with Gasteiger partial charge in [0.15, 0.2) is 11.5 Å². The number of hydrogen-bond donors (Lipinski definition) is 2. The normalized spacial score (nSPS) is 10.7. The summed E-state index contributed by atoms with van der Waals surface area (Å²) in [7, 11) is 1.55. The lowest BCUT2D eigenvalue weighted by Gasteiger charge is -2.10. The van der Waals surface area contributed by atoms with E-state index in [1.807, 2.05) is 12.1 Å². The maximum Gasteiger partial charge on any atom is 0.172 e. The van der Waals surface area contributed by atoms with Crippen LogP contribution >= 0.6 is 15.9 Å². The van der Waals surface area contributed by atoms with Crippen LogP contribution < -0.4 is 10.1 Å². The van der Waals surface area contributed by atoms with Crippen molar-refractivity contribution in [3.8, 4) is 11.5 Å². The van der Waals surface area contributed by atoms with Crippen molar-refractivity contribution in [1.82, 2.24) is 5.32 Å². The Hall–Kier alpha value is -0.780. The molecule has 0 aliphatic rings. The topological polar surface area (TPSA) is 50.7 Å². The number of phenolic OH excluding ortho intramolecular Hbond substituents is 1. The van der Waals surface area contributed by atoms with Crippen LogP contribution in [0.15, 0.2) is 16.6 Å². The van der Waals surface area contributed by atoms with Crippen LogP contribution in [0.2, 0.25) is 0 Å². The van der Waals surface area contributed by atoms with Crippen molar-refractivity contribution in [1.29, 1.82) is 0 Å². The highest BCUT2D eigenvalue weighted by Crippen LogP contribution is 2.35. The summed E-state index contributed by atoms with van der Waals surface area (Å²) in [5, 5.41) is 13.0. The number of rotatable bonds is 9. The van der Waals surface area contributed by atoms with E-state index < -0.39 is 0 Å². The number of nitrogens with one attached hydrogen (secondary N) is 1. The highest BCUT2D eigenvalue weighted by atomic mass is 79.9. The molecule has 1 aromatic carbocycles. The van der Waals surface area contributed by atoms with Crippen molar-refractivity contribution < 1.29 is 14.6 Å². The van der Waals surface area contributed by atoms with E-state index in [9.17, 15) is 5.11 Å². The molecule has 0 unspecified atom stereocenters. The molecule has 1 rings (SSSR count). The predicted octanol–water partition coefficient (Wildman–Crippen LogP) is 3.07. The highest BCUT2D eigenvalue weighted by molar-refractivity contribution is 9.10. The molecule has 0 aromatic heterocycles. The fourth-order valence-electron chi connectivity index (χ4n) is 1.66. The number of hydrogen-bond acceptors (Lipinski definition) is 4. The van der Waals surface area contributed by atoms with Crippen molar-refractivity contribution in [3.63, 3.8) is 0 Å². The SMILES string of the molecule is CCCOCCCNCc1cc(Br)c(O)c(OC)c1. The van der Waals surface area contributed by atoms with E-state index in [1.165, 1.54) is 0 Å². The minimum atomic E-state index is 0.138. The van der Waals surface area contributed by atoms with Gasteiger partial charge in [0.2, 0.25) is 0 Å². The summed E-state index contributed by atoms with van der Waals surface area (Å²) in [5.74, 6) is 0.622. The lowest BCUT2D eigenvalue weighted by molar-refractivity contribution is 0.132. The number of methoxy groups -OCH3 is 1. The molecule has 0 spiro atoms. The molecule has 2 N–H and O–H groups in total. The van der Waals surface area contributed by atoms with Crippen LogP contribution in [0.25, 0.3) is 0 Å². The van der Waals surface area contributed by atoms with Gasteiger partial charge in [-0.15, -0.1) is 0 Å². The van der Waals surface area contributed by atoms with Gasteiger partial charge in [-0.3, -0.25) is 0 Å². The number of benzene rings is 1. The molecule has 0 aliphatic carbocycles. The minimum Gasteiger partial charge on any atom is -0.503 e. The maximum absolute atomic E-state index is 9.71. The van der Waals surface area contributed by atoms with E-state index in [0.717, 1.165) is 44.7 Å². The summed E-state index contributed by atoms with van der Waals surface area (Å²) in [6, 6.07) is 3.72. The summed E-state index contributed by atoms with van der Waals surface area (Å²) in [4.78, 5) is 0. The van der Waals surface area contributed by atoms with Crippen LogP contribution in [0, 0.1) is 0 Å². The number of aromatic hydroxyl groups is 1. The Morgan fingerprint density at radius 2 is 2.11 bits per heavy atom. The molecule has 1 aromatic rings. The average Bonchev–Trinajstić information content (AvgIpc) is 2.41. The molecule has 0 radical (unpaired) electrons. The smallest absolute Gasteiger partial charge is 0.172 e. The molecule has 0 saturated carbocycles. The van der Waals surface area contributed by atoms with E-state index in [0.29, 0.717) is 10.2 Å². The predicted molar refractivity (Wildman–Crippen MR) is 79.8 cm³/mol. The maximum atomic E-state index is 9.71. The molecule has 0 amide bonds. The van der Waals surface area contributed by atoms with Crippen LogP contribution in [0.4, 0.5) is 0 Å². The van der Waals surface area contributed by atoms with Crippen molar-refractivity contribution in [2.45, 2.75) is 26.3 Å². The number of ether oxygens (including phenoxy) is 2. The molecular weight excluding hydrogens is 310 g/mol. The standard InChI is InChI=1S/C14H22BrNO3/c1-3-6-19-7-4-5-16-10-11-8-12(15)14(17)13(9-11)18-2/h8-9,16-17H,3-7,10H2,1-2H3. The Bertz CT molecular complexity index is 385. The molecule has 5 heteroatoms. The summed E-state index contributed by atoms with van der Waals surface area (Å²) < 4.78 is 11.2. The molecule has 4 nitrogen and oxygen atoms in total. The zero-order valence-corrected chi connectivity index (χ0v) is 13.1. The van der Waals surface area contributed by atoms with Gasteiger partial charge in [-0.25, -0.2) is 0 Å². The summed E-state index contributed by atoms with van der Waals surface area (Å²) in [6.45, 7) is 5.38. The second kappa shape index (κ2) is 9.18. The Morgan fingerprint density at radius 3 is 2.79 bits per heavy atom. The summed E-state index contributed by atoms with van der Waals surface area (Å²) in [6.07, 6.45) is 2.06. The first-order chi connectivity index (χ1) is 9.19. The van der Waals surface area contributed by atoms with Gasteiger partial charge in [-0.1, -0.05) is 6.92 Å². The first-order valence-electron chi connectivity index (χ1n) is 6.52. The molecule has 108 valence electrons. The third-order valence-electron chi connectivity index (χ3n) is 2.63. The van der Waals surface area contributed by atoms with Crippen molar-refractivity contribution in [2.75, 3.05) is 26.9 Å². The van der Waals surface area contributed by atoms with Crippen molar-refractivity contribution >= 4 is 15.9 Å². The monoisotopic (exact) mass is 331 g/mol. The van der Waals surface area contributed by atoms with E-state index in [2.05, 4.69) is 28.2 Å². The third-order valence-corrected chi connectivity index (χ3v) is 3.23. The second-order valence-electron chi connectivity index (χ2n) is 4.27. The van der Waals surface area contributed by atoms with Gasteiger partial charge in [0, 0.05) is 19.8 Å². The Balaban J connectivity index is 2.31. The van der Waals surface area contributed by atoms with Crippen LogP contribution in [0.1, 0.15) is 25.3 Å². The molecule has 19 heavy (non-hydrogen) atoms. The average molecular weight is 332 g/mol. The Labute approximate surface area is 123 Å². The molecule has 0 atom stereocenters. The molecule has 0 aliphatic heterocycles. The van der Waals surface area contributed by atoms with Crippen molar-refractivity contribution in [3.05, 3.63) is 22.2 Å².